The molecule has 0 fully saturated rings. The van der Waals surface area contributed by atoms with Crippen LogP contribution in [0.4, 0.5) is 14.4 Å². The summed E-state index contributed by atoms with van der Waals surface area (Å²) in [5, 5.41) is 0. The monoisotopic (exact) mass is 611 g/mol. The van der Waals surface area contributed by atoms with E-state index in [1.54, 1.807) is 33.8 Å². The van der Waals surface area contributed by atoms with Gasteiger partial charge in [0.25, 0.3) is 0 Å². The van der Waals surface area contributed by atoms with E-state index in [-0.39, 0.29) is 36.7 Å². The highest BCUT2D eigenvalue weighted by atomic mass is 16.8. The number of carbonyl (C=O) groups excluding carboxylic acids is 4. The number of hydrogen-bond acceptors (Lipinski definition) is 12. The predicted octanol–water partition coefficient (Wildman–Crippen LogP) is 6.48. The number of benzene rings is 1. The molecule has 0 spiro atoms. The Hall–Kier alpha value is -3.54. The zero-order valence-corrected chi connectivity index (χ0v) is 26.7. The third kappa shape index (κ3) is 15.5. The van der Waals surface area contributed by atoms with Crippen molar-refractivity contribution < 1.29 is 52.3 Å². The van der Waals surface area contributed by atoms with Crippen molar-refractivity contribution in [3.63, 3.8) is 0 Å². The summed E-state index contributed by atoms with van der Waals surface area (Å²) in [5.41, 5.74) is 6.59. The summed E-state index contributed by atoms with van der Waals surface area (Å²) in [6.07, 6.45) is -1.51. The first kappa shape index (κ1) is 37.5. The quantitative estimate of drug-likeness (QED) is 0.116. The molecule has 0 saturated carbocycles. The van der Waals surface area contributed by atoms with Crippen molar-refractivity contribution >= 4 is 24.4 Å². The molecule has 2 unspecified atom stereocenters. The van der Waals surface area contributed by atoms with Gasteiger partial charge in [-0.25, -0.2) is 14.4 Å². The van der Waals surface area contributed by atoms with Crippen molar-refractivity contribution in [2.75, 3.05) is 6.61 Å². The van der Waals surface area contributed by atoms with Crippen LogP contribution in [-0.2, 0) is 34.9 Å². The highest BCUT2D eigenvalue weighted by Gasteiger charge is 2.26. The Balaban J connectivity index is 2.91. The zero-order chi connectivity index (χ0) is 32.5. The van der Waals surface area contributed by atoms with Crippen LogP contribution in [-0.4, -0.2) is 61.5 Å². The number of carbonyl (C=O) groups is 4. The molecule has 0 radical (unpaired) electrons. The summed E-state index contributed by atoms with van der Waals surface area (Å²) < 4.78 is 36.8. The van der Waals surface area contributed by atoms with Gasteiger partial charge in [0.15, 0.2) is 11.5 Å². The molecule has 0 heterocycles. The van der Waals surface area contributed by atoms with E-state index in [1.165, 1.54) is 12.1 Å². The molecule has 12 heteroatoms. The van der Waals surface area contributed by atoms with Crippen LogP contribution in [0.2, 0.25) is 0 Å². The average molecular weight is 612 g/mol. The SMILES string of the molecule is CCCC(C)OC(=O)Oc1ccc(C[C@H](N)C(=O)O[C@@H](C)[C@H](C)OC(=O)OCCC(C)C)cc1OC(=O)OC(C)CCC. The van der Waals surface area contributed by atoms with Crippen LogP contribution in [0.1, 0.15) is 93.1 Å². The van der Waals surface area contributed by atoms with Crippen LogP contribution in [0.25, 0.3) is 0 Å². The van der Waals surface area contributed by atoms with Gasteiger partial charge < -0.3 is 38.9 Å². The minimum atomic E-state index is -1.11. The first-order chi connectivity index (χ1) is 20.2. The van der Waals surface area contributed by atoms with E-state index in [4.69, 9.17) is 38.9 Å². The highest BCUT2D eigenvalue weighted by molar-refractivity contribution is 5.76. The van der Waals surface area contributed by atoms with E-state index in [0.29, 0.717) is 30.7 Å². The molecule has 0 aliphatic rings. The number of ether oxygens (including phenoxy) is 7. The molecule has 43 heavy (non-hydrogen) atoms. The molecule has 0 aromatic heterocycles. The van der Waals surface area contributed by atoms with Crippen molar-refractivity contribution in [2.24, 2.45) is 11.7 Å². The van der Waals surface area contributed by atoms with Gasteiger partial charge in [-0.05, 0) is 77.0 Å². The molecule has 1 aromatic carbocycles. The second-order valence-corrected chi connectivity index (χ2v) is 11.0. The van der Waals surface area contributed by atoms with Crippen LogP contribution >= 0.6 is 0 Å². The number of nitrogens with two attached hydrogens (primary N) is 1. The first-order valence-corrected chi connectivity index (χ1v) is 14.9. The average Bonchev–Trinajstić information content (AvgIpc) is 2.89. The Labute approximate surface area is 254 Å². The van der Waals surface area contributed by atoms with Crippen molar-refractivity contribution in [1.82, 2.24) is 0 Å². The van der Waals surface area contributed by atoms with E-state index in [1.807, 2.05) is 27.7 Å². The second-order valence-electron chi connectivity index (χ2n) is 11.0. The lowest BCUT2D eigenvalue weighted by Crippen LogP contribution is -2.39. The Morgan fingerprint density at radius 2 is 1.23 bits per heavy atom. The van der Waals surface area contributed by atoms with Gasteiger partial charge >= 0.3 is 24.4 Å². The minimum absolute atomic E-state index is 0.00601. The second kappa shape index (κ2) is 19.6. The van der Waals surface area contributed by atoms with Gasteiger partial charge in [-0.3, -0.25) is 4.79 Å². The lowest BCUT2D eigenvalue weighted by atomic mass is 10.1. The van der Waals surface area contributed by atoms with Gasteiger partial charge in [-0.2, -0.15) is 0 Å². The van der Waals surface area contributed by atoms with E-state index in [9.17, 15) is 19.2 Å². The molecule has 1 rings (SSSR count). The molecular weight excluding hydrogens is 562 g/mol. The Morgan fingerprint density at radius 3 is 1.77 bits per heavy atom. The third-order valence-electron chi connectivity index (χ3n) is 6.30. The molecule has 0 aliphatic carbocycles. The molecule has 0 aliphatic heterocycles. The summed E-state index contributed by atoms with van der Waals surface area (Å²) in [5.74, 6) is -0.552. The molecule has 12 nitrogen and oxygen atoms in total. The van der Waals surface area contributed by atoms with Crippen molar-refractivity contribution in [1.29, 1.82) is 0 Å². The van der Waals surface area contributed by atoms with Gasteiger partial charge in [0.2, 0.25) is 0 Å². The smallest absolute Gasteiger partial charge is 0.458 e. The lowest BCUT2D eigenvalue weighted by molar-refractivity contribution is -0.155. The number of esters is 1. The molecule has 244 valence electrons. The molecular formula is C31H49NO11. The van der Waals surface area contributed by atoms with Gasteiger partial charge in [0, 0.05) is 0 Å². The van der Waals surface area contributed by atoms with E-state index in [2.05, 4.69) is 0 Å². The van der Waals surface area contributed by atoms with Gasteiger partial charge in [-0.15, -0.1) is 0 Å². The summed E-state index contributed by atoms with van der Waals surface area (Å²) >= 11 is 0. The molecule has 0 saturated heterocycles. The topological polar surface area (TPSA) is 159 Å². The fraction of sp³-hybridized carbons (Fsp3) is 0.677. The van der Waals surface area contributed by atoms with Crippen LogP contribution in [0, 0.1) is 5.92 Å². The molecule has 0 bridgehead atoms. The Morgan fingerprint density at radius 1 is 0.698 bits per heavy atom. The zero-order valence-electron chi connectivity index (χ0n) is 26.7. The Kier molecular flexibility index (Phi) is 17.1. The summed E-state index contributed by atoms with van der Waals surface area (Å²) in [7, 11) is 0. The maximum atomic E-state index is 12.7. The van der Waals surface area contributed by atoms with E-state index < -0.39 is 42.7 Å². The van der Waals surface area contributed by atoms with E-state index in [0.717, 1.165) is 12.8 Å². The fourth-order valence-electron chi connectivity index (χ4n) is 3.69. The minimum Gasteiger partial charge on any atom is -0.458 e. The molecule has 2 N–H and O–H groups in total. The summed E-state index contributed by atoms with van der Waals surface area (Å²) in [4.78, 5) is 49.3. The van der Waals surface area contributed by atoms with Crippen LogP contribution in [0.15, 0.2) is 18.2 Å². The number of hydrogen-bond donors (Lipinski definition) is 1. The van der Waals surface area contributed by atoms with E-state index >= 15 is 0 Å². The summed E-state index contributed by atoms with van der Waals surface area (Å²) in [6.45, 7) is 14.8. The van der Waals surface area contributed by atoms with Crippen molar-refractivity contribution in [3.8, 4) is 11.5 Å². The highest BCUT2D eigenvalue weighted by Crippen LogP contribution is 2.30. The standard InChI is InChI=1S/C31H49NO11/c1-9-11-20(5)38-30(35)42-26-14-13-24(18-27(26)43-31(36)39-21(6)12-10-2)17-25(32)28(33)40-22(7)23(8)41-29(34)37-16-15-19(3)4/h13-14,18-23,25H,9-12,15-17,32H2,1-8H3/t20?,21?,22-,23-,25-/m0/s1. The van der Waals surface area contributed by atoms with Crippen LogP contribution in [0.3, 0.4) is 0 Å². The lowest BCUT2D eigenvalue weighted by Gasteiger charge is -2.22. The largest absolute Gasteiger partial charge is 0.514 e. The normalized spacial score (nSPS) is 14.5. The van der Waals surface area contributed by atoms with Gasteiger partial charge in [0.05, 0.1) is 6.61 Å². The maximum absolute atomic E-state index is 12.7. The van der Waals surface area contributed by atoms with Gasteiger partial charge in [-0.1, -0.05) is 46.6 Å². The molecule has 5 atom stereocenters. The molecule has 1 aromatic rings. The van der Waals surface area contributed by atoms with Crippen molar-refractivity contribution in [2.45, 2.75) is 124 Å². The first-order valence-electron chi connectivity index (χ1n) is 14.9. The Bertz CT molecular complexity index is 1030. The third-order valence-corrected chi connectivity index (χ3v) is 6.30. The maximum Gasteiger partial charge on any atom is 0.514 e. The van der Waals surface area contributed by atoms with Crippen molar-refractivity contribution in [3.05, 3.63) is 23.8 Å². The summed E-state index contributed by atoms with van der Waals surface area (Å²) in [6, 6.07) is 3.27. The number of rotatable bonds is 17. The molecule has 0 amide bonds. The van der Waals surface area contributed by atoms with Gasteiger partial charge in [0.1, 0.15) is 30.5 Å². The van der Waals surface area contributed by atoms with Crippen LogP contribution in [0.5, 0.6) is 11.5 Å². The van der Waals surface area contributed by atoms with Crippen LogP contribution < -0.4 is 15.2 Å². The predicted molar refractivity (Wildman–Crippen MR) is 158 cm³/mol. The fourth-order valence-corrected chi connectivity index (χ4v) is 3.69.